The summed E-state index contributed by atoms with van der Waals surface area (Å²) in [5.74, 6) is -0.469. The number of thiazole rings is 1. The summed E-state index contributed by atoms with van der Waals surface area (Å²) < 4.78 is 9.46. The van der Waals surface area contributed by atoms with Gasteiger partial charge in [-0.1, -0.05) is 59.3 Å². The fourth-order valence-corrected chi connectivity index (χ4v) is 6.74. The normalized spacial score (nSPS) is 15.2. The molecule has 0 saturated carbocycles. The summed E-state index contributed by atoms with van der Waals surface area (Å²) in [6, 6.07) is 20.5. The van der Waals surface area contributed by atoms with E-state index in [1.54, 1.807) is 30.0 Å². The first kappa shape index (κ1) is 27.1. The van der Waals surface area contributed by atoms with E-state index >= 15 is 0 Å². The minimum absolute atomic E-state index is 0.232. The fraction of sp³-hybridized carbons (Fsp3) is 0.161. The molecule has 41 heavy (non-hydrogen) atoms. The first-order chi connectivity index (χ1) is 19.8. The summed E-state index contributed by atoms with van der Waals surface area (Å²) in [4.78, 5) is 33.4. The highest BCUT2D eigenvalue weighted by molar-refractivity contribution is 7.10. The molecule has 0 N–H and O–H groups in total. The van der Waals surface area contributed by atoms with E-state index in [1.807, 2.05) is 84.4 Å². The second-order valence-electron chi connectivity index (χ2n) is 9.77. The molecule has 1 atom stereocenters. The number of nitrogens with zero attached hydrogens (tertiary/aromatic N) is 4. The van der Waals surface area contributed by atoms with Crippen LogP contribution in [0.4, 0.5) is 0 Å². The van der Waals surface area contributed by atoms with Crippen LogP contribution in [0.25, 0.3) is 23.0 Å². The molecular formula is C31H25ClN4O3S2. The maximum absolute atomic E-state index is 14.1. The third kappa shape index (κ3) is 5.24. The van der Waals surface area contributed by atoms with E-state index in [-0.39, 0.29) is 11.7 Å². The molecule has 0 unspecified atom stereocenters. The second-order valence-corrected chi connectivity index (χ2v) is 12.2. The lowest BCUT2D eigenvalue weighted by Crippen LogP contribution is -2.39. The van der Waals surface area contributed by atoms with Crippen LogP contribution in [0.5, 0.6) is 0 Å². The highest BCUT2D eigenvalue weighted by Gasteiger charge is 2.34. The molecule has 0 radical (unpaired) electrons. The van der Waals surface area contributed by atoms with Gasteiger partial charge in [0.15, 0.2) is 4.80 Å². The third-order valence-corrected chi connectivity index (χ3v) is 8.72. The molecule has 5 aromatic rings. The number of aromatic nitrogens is 3. The quantitative estimate of drug-likeness (QED) is 0.232. The van der Waals surface area contributed by atoms with Crippen LogP contribution in [-0.2, 0) is 9.53 Å². The van der Waals surface area contributed by atoms with Gasteiger partial charge in [-0.05, 0) is 62.6 Å². The zero-order valence-electron chi connectivity index (χ0n) is 22.4. The van der Waals surface area contributed by atoms with Crippen molar-refractivity contribution in [3.63, 3.8) is 0 Å². The smallest absolute Gasteiger partial charge is 0.338 e. The topological polar surface area (TPSA) is 78.5 Å². The summed E-state index contributed by atoms with van der Waals surface area (Å²) in [6.45, 7) is 5.39. The van der Waals surface area contributed by atoms with Gasteiger partial charge in [-0.15, -0.1) is 11.3 Å². The lowest BCUT2D eigenvalue weighted by molar-refractivity contribution is -0.143. The molecule has 0 fully saturated rings. The molecule has 2 aromatic carbocycles. The van der Waals surface area contributed by atoms with Crippen molar-refractivity contribution < 1.29 is 9.53 Å². The maximum atomic E-state index is 14.1. The standard InChI is InChI=1S/C31H25ClN4O3S2/c1-18(2)39-30(38)26-19(3)33-31-36(28(26)24-10-7-15-40-24)29(37)25(41-31)16-21-17-35(23-8-5-4-6-9-23)34-27(21)20-11-13-22(32)14-12-20/h4-18,28H,1-3H3/b25-16+/t28-/m0/s1. The van der Waals surface area contributed by atoms with Gasteiger partial charge in [0.25, 0.3) is 5.56 Å². The van der Waals surface area contributed by atoms with Crippen molar-refractivity contribution in [2.75, 3.05) is 0 Å². The number of halogens is 1. The van der Waals surface area contributed by atoms with E-state index in [0.717, 1.165) is 21.7 Å². The van der Waals surface area contributed by atoms with Gasteiger partial charge < -0.3 is 4.74 Å². The number of esters is 1. The van der Waals surface area contributed by atoms with Crippen LogP contribution in [0, 0.1) is 0 Å². The van der Waals surface area contributed by atoms with Crippen LogP contribution in [-0.4, -0.2) is 26.4 Å². The predicted molar refractivity (Wildman–Crippen MR) is 163 cm³/mol. The van der Waals surface area contributed by atoms with Crippen LogP contribution in [0.3, 0.4) is 0 Å². The molecule has 7 nitrogen and oxygen atoms in total. The Morgan fingerprint density at radius 3 is 2.51 bits per heavy atom. The molecule has 10 heteroatoms. The lowest BCUT2D eigenvalue weighted by Gasteiger charge is -2.24. The molecule has 0 spiro atoms. The maximum Gasteiger partial charge on any atom is 0.338 e. The molecule has 0 bridgehead atoms. The summed E-state index contributed by atoms with van der Waals surface area (Å²) in [5.41, 5.74) is 3.93. The van der Waals surface area contributed by atoms with E-state index < -0.39 is 12.0 Å². The van der Waals surface area contributed by atoms with Crippen LogP contribution in [0.1, 0.15) is 37.3 Å². The Hall–Kier alpha value is -4.05. The SMILES string of the molecule is CC1=C(C(=O)OC(C)C)[C@H](c2cccs2)n2c(s/c(=C/c3cn(-c4ccccc4)nc3-c3ccc(Cl)cc3)c2=O)=N1. The number of hydrogen-bond acceptors (Lipinski definition) is 7. The molecule has 6 rings (SSSR count). The molecule has 1 aliphatic heterocycles. The molecule has 4 heterocycles. The third-order valence-electron chi connectivity index (χ3n) is 6.56. The van der Waals surface area contributed by atoms with Gasteiger partial charge >= 0.3 is 5.97 Å². The second kappa shape index (κ2) is 11.1. The van der Waals surface area contributed by atoms with Crippen LogP contribution in [0.2, 0.25) is 5.02 Å². The number of fused-ring (bicyclic) bond motifs is 1. The van der Waals surface area contributed by atoms with Gasteiger partial charge in [0, 0.05) is 27.2 Å². The van der Waals surface area contributed by atoms with Crippen molar-refractivity contribution in [2.24, 2.45) is 4.99 Å². The largest absolute Gasteiger partial charge is 0.459 e. The van der Waals surface area contributed by atoms with Crippen molar-refractivity contribution >= 4 is 46.3 Å². The van der Waals surface area contributed by atoms with Crippen LogP contribution >= 0.6 is 34.3 Å². The van der Waals surface area contributed by atoms with Crippen molar-refractivity contribution in [1.82, 2.24) is 14.3 Å². The van der Waals surface area contributed by atoms with E-state index in [0.29, 0.717) is 31.3 Å². The number of carbonyl (C=O) groups excluding carboxylic acids is 1. The minimum atomic E-state index is -0.623. The number of rotatable bonds is 6. The number of hydrogen-bond donors (Lipinski definition) is 0. The van der Waals surface area contributed by atoms with Gasteiger partial charge in [0.2, 0.25) is 0 Å². The average Bonchev–Trinajstić information content (AvgIpc) is 3.69. The predicted octanol–water partition coefficient (Wildman–Crippen LogP) is 5.75. The molecule has 0 aliphatic carbocycles. The van der Waals surface area contributed by atoms with Crippen molar-refractivity contribution in [2.45, 2.75) is 32.9 Å². The highest BCUT2D eigenvalue weighted by atomic mass is 35.5. The summed E-state index contributed by atoms with van der Waals surface area (Å²) in [7, 11) is 0. The minimum Gasteiger partial charge on any atom is -0.459 e. The first-order valence-corrected chi connectivity index (χ1v) is 15.1. The molecule has 1 aliphatic rings. The number of ether oxygens (including phenoxy) is 1. The summed E-state index contributed by atoms with van der Waals surface area (Å²) in [5, 5.41) is 7.43. The average molecular weight is 601 g/mol. The number of para-hydroxylation sites is 1. The number of allylic oxidation sites excluding steroid dienone is 1. The summed E-state index contributed by atoms with van der Waals surface area (Å²) >= 11 is 8.93. The molecule has 0 saturated heterocycles. The number of thiophene rings is 1. The molecule has 3 aromatic heterocycles. The van der Waals surface area contributed by atoms with Crippen LogP contribution in [0.15, 0.2) is 99.4 Å². The van der Waals surface area contributed by atoms with E-state index in [1.165, 1.54) is 22.7 Å². The van der Waals surface area contributed by atoms with Gasteiger partial charge in [-0.3, -0.25) is 9.36 Å². The lowest BCUT2D eigenvalue weighted by atomic mass is 10.0. The number of benzene rings is 2. The van der Waals surface area contributed by atoms with Crippen LogP contribution < -0.4 is 14.9 Å². The first-order valence-electron chi connectivity index (χ1n) is 13.0. The molecular weight excluding hydrogens is 576 g/mol. The Bertz CT molecular complexity index is 1950. The van der Waals surface area contributed by atoms with Crippen molar-refractivity contribution in [3.05, 3.63) is 125 Å². The Labute approximate surface area is 249 Å². The van der Waals surface area contributed by atoms with Gasteiger partial charge in [-0.2, -0.15) is 5.10 Å². The Morgan fingerprint density at radius 2 is 1.83 bits per heavy atom. The molecule has 206 valence electrons. The van der Waals surface area contributed by atoms with Gasteiger partial charge in [0.05, 0.1) is 27.6 Å². The van der Waals surface area contributed by atoms with Crippen molar-refractivity contribution in [1.29, 1.82) is 0 Å². The van der Waals surface area contributed by atoms with E-state index in [4.69, 9.17) is 26.4 Å². The van der Waals surface area contributed by atoms with Gasteiger partial charge in [-0.25, -0.2) is 14.5 Å². The van der Waals surface area contributed by atoms with Gasteiger partial charge in [0.1, 0.15) is 11.7 Å². The highest BCUT2D eigenvalue weighted by Crippen LogP contribution is 2.33. The monoisotopic (exact) mass is 600 g/mol. The Morgan fingerprint density at radius 1 is 1.07 bits per heavy atom. The number of carbonyl (C=O) groups is 1. The summed E-state index contributed by atoms with van der Waals surface area (Å²) in [6.07, 6.45) is 3.45. The fourth-order valence-electron chi connectivity index (χ4n) is 4.76. The zero-order chi connectivity index (χ0) is 28.7. The molecule has 0 amide bonds. The Balaban J connectivity index is 1.54. The van der Waals surface area contributed by atoms with Crippen molar-refractivity contribution in [3.8, 4) is 16.9 Å². The van der Waals surface area contributed by atoms with E-state index in [2.05, 4.69) is 0 Å². The Kier molecular flexibility index (Phi) is 7.33. The zero-order valence-corrected chi connectivity index (χ0v) is 24.8. The van der Waals surface area contributed by atoms with E-state index in [9.17, 15) is 9.59 Å².